The summed E-state index contributed by atoms with van der Waals surface area (Å²) < 4.78 is 27.4. The second kappa shape index (κ2) is 6.94. The molecule has 1 aliphatic heterocycles. The molecule has 9 heteroatoms. The molecule has 0 spiro atoms. The maximum atomic E-state index is 12.7. The lowest BCUT2D eigenvalue weighted by atomic mass is 10.2. The molecule has 1 unspecified atom stereocenters. The zero-order chi connectivity index (χ0) is 15.0. The van der Waals surface area contributed by atoms with Gasteiger partial charge in [0, 0.05) is 24.5 Å². The second-order valence-electron chi connectivity index (χ2n) is 5.02. The minimum atomic E-state index is -3.43. The van der Waals surface area contributed by atoms with E-state index in [9.17, 15) is 8.42 Å². The zero-order valence-electron chi connectivity index (χ0n) is 12.1. The number of thiophene rings is 1. The van der Waals surface area contributed by atoms with Crippen molar-refractivity contribution >= 4 is 45.1 Å². The SMILES string of the molecule is Cc1nc(-c2ccc(S(=O)(=O)N3CCCC3CN)s2)cs1.Cl. The van der Waals surface area contributed by atoms with E-state index in [1.165, 1.54) is 11.3 Å². The largest absolute Gasteiger partial charge is 0.329 e. The van der Waals surface area contributed by atoms with Gasteiger partial charge in [-0.05, 0) is 31.9 Å². The topological polar surface area (TPSA) is 76.3 Å². The molecule has 0 bridgehead atoms. The number of rotatable bonds is 4. The Morgan fingerprint density at radius 2 is 2.23 bits per heavy atom. The molecule has 3 rings (SSSR count). The number of aryl methyl sites for hydroxylation is 1. The number of nitrogens with zero attached hydrogens (tertiary/aromatic N) is 2. The molecule has 122 valence electrons. The van der Waals surface area contributed by atoms with E-state index in [1.54, 1.807) is 21.7 Å². The molecular weight excluding hydrogens is 362 g/mol. The predicted octanol–water partition coefficient (Wildman–Crippen LogP) is 2.71. The lowest BCUT2D eigenvalue weighted by molar-refractivity contribution is 0.394. The fourth-order valence-corrected chi connectivity index (χ4v) is 6.34. The highest BCUT2D eigenvalue weighted by molar-refractivity contribution is 7.91. The summed E-state index contributed by atoms with van der Waals surface area (Å²) in [6.45, 7) is 2.88. The van der Waals surface area contributed by atoms with Crippen molar-refractivity contribution in [3.63, 3.8) is 0 Å². The summed E-state index contributed by atoms with van der Waals surface area (Å²) in [5.74, 6) is 0. The first-order valence-electron chi connectivity index (χ1n) is 6.76. The number of hydrogen-bond acceptors (Lipinski definition) is 6. The van der Waals surface area contributed by atoms with Crippen LogP contribution < -0.4 is 5.73 Å². The fraction of sp³-hybridized carbons (Fsp3) is 0.462. The van der Waals surface area contributed by atoms with E-state index in [-0.39, 0.29) is 18.4 Å². The fourth-order valence-electron chi connectivity index (χ4n) is 2.55. The summed E-state index contributed by atoms with van der Waals surface area (Å²) in [5.41, 5.74) is 6.53. The quantitative estimate of drug-likeness (QED) is 0.886. The van der Waals surface area contributed by atoms with Crippen LogP contribution in [0.3, 0.4) is 0 Å². The smallest absolute Gasteiger partial charge is 0.252 e. The Morgan fingerprint density at radius 1 is 1.45 bits per heavy atom. The van der Waals surface area contributed by atoms with Gasteiger partial charge in [-0.25, -0.2) is 13.4 Å². The number of sulfonamides is 1. The van der Waals surface area contributed by atoms with Gasteiger partial charge in [0.1, 0.15) is 4.21 Å². The minimum absolute atomic E-state index is 0. The maximum Gasteiger partial charge on any atom is 0.252 e. The summed E-state index contributed by atoms with van der Waals surface area (Å²) in [6.07, 6.45) is 1.73. The van der Waals surface area contributed by atoms with Crippen LogP contribution in [-0.4, -0.2) is 36.8 Å². The summed E-state index contributed by atoms with van der Waals surface area (Å²) in [6, 6.07) is 3.44. The molecule has 0 saturated carbocycles. The standard InChI is InChI=1S/C13H17N3O2S3.ClH/c1-9-15-11(8-19-9)12-4-5-13(20-12)21(17,18)16-6-2-3-10(16)7-14;/h4-5,8,10H,2-3,6-7,14H2,1H3;1H. The van der Waals surface area contributed by atoms with Crippen LogP contribution in [-0.2, 0) is 10.0 Å². The lowest BCUT2D eigenvalue weighted by Gasteiger charge is -2.21. The maximum absolute atomic E-state index is 12.7. The van der Waals surface area contributed by atoms with Crippen molar-refractivity contribution in [3.8, 4) is 10.6 Å². The average Bonchev–Trinajstić information content (AvgIpc) is 3.18. The van der Waals surface area contributed by atoms with Crippen molar-refractivity contribution in [1.29, 1.82) is 0 Å². The van der Waals surface area contributed by atoms with E-state index in [4.69, 9.17) is 5.73 Å². The Hall–Kier alpha value is -0.510. The van der Waals surface area contributed by atoms with Crippen LogP contribution in [0.25, 0.3) is 10.6 Å². The third-order valence-electron chi connectivity index (χ3n) is 3.61. The number of nitrogens with two attached hydrogens (primary N) is 1. The lowest BCUT2D eigenvalue weighted by Crippen LogP contribution is -2.39. The number of thiazole rings is 1. The van der Waals surface area contributed by atoms with E-state index < -0.39 is 10.0 Å². The molecule has 22 heavy (non-hydrogen) atoms. The van der Waals surface area contributed by atoms with Crippen LogP contribution in [0.2, 0.25) is 0 Å². The van der Waals surface area contributed by atoms with Crippen molar-refractivity contribution in [2.75, 3.05) is 13.1 Å². The van der Waals surface area contributed by atoms with E-state index in [0.717, 1.165) is 28.4 Å². The summed E-state index contributed by atoms with van der Waals surface area (Å²) in [4.78, 5) is 5.30. The molecule has 1 saturated heterocycles. The first-order chi connectivity index (χ1) is 10.0. The Bertz CT molecular complexity index is 741. The molecule has 5 nitrogen and oxygen atoms in total. The number of halogens is 1. The number of hydrogen-bond donors (Lipinski definition) is 1. The van der Waals surface area contributed by atoms with Crippen molar-refractivity contribution in [3.05, 3.63) is 22.5 Å². The Balaban J connectivity index is 0.00000176. The summed E-state index contributed by atoms with van der Waals surface area (Å²) in [7, 11) is -3.43. The van der Waals surface area contributed by atoms with Gasteiger partial charge in [0.15, 0.2) is 0 Å². The summed E-state index contributed by atoms with van der Waals surface area (Å²) >= 11 is 2.84. The highest BCUT2D eigenvalue weighted by atomic mass is 35.5. The van der Waals surface area contributed by atoms with Gasteiger partial charge < -0.3 is 5.73 Å². The molecule has 0 aromatic carbocycles. The molecule has 1 fully saturated rings. The van der Waals surface area contributed by atoms with Crippen molar-refractivity contribution in [1.82, 2.24) is 9.29 Å². The van der Waals surface area contributed by atoms with Crippen LogP contribution in [0, 0.1) is 6.92 Å². The second-order valence-corrected chi connectivity index (χ2v) is 9.28. The molecular formula is C13H18ClN3O2S3. The van der Waals surface area contributed by atoms with Gasteiger partial charge in [0.2, 0.25) is 0 Å². The zero-order valence-corrected chi connectivity index (χ0v) is 15.3. The van der Waals surface area contributed by atoms with Crippen molar-refractivity contribution < 1.29 is 8.42 Å². The molecule has 2 aromatic rings. The van der Waals surface area contributed by atoms with Gasteiger partial charge >= 0.3 is 0 Å². The van der Waals surface area contributed by atoms with Gasteiger partial charge in [-0.3, -0.25) is 0 Å². The van der Waals surface area contributed by atoms with Gasteiger partial charge in [-0.2, -0.15) is 4.31 Å². The normalized spacial score (nSPS) is 19.3. The highest BCUT2D eigenvalue weighted by Gasteiger charge is 2.35. The van der Waals surface area contributed by atoms with E-state index in [1.807, 2.05) is 18.4 Å². The molecule has 2 N–H and O–H groups in total. The molecule has 1 atom stereocenters. The Kier molecular flexibility index (Phi) is 5.63. The van der Waals surface area contributed by atoms with Crippen molar-refractivity contribution in [2.24, 2.45) is 5.73 Å². The number of aromatic nitrogens is 1. The molecule has 0 aliphatic carbocycles. The third kappa shape index (κ3) is 3.22. The van der Waals surface area contributed by atoms with E-state index >= 15 is 0 Å². The molecule has 1 aliphatic rings. The van der Waals surface area contributed by atoms with Gasteiger partial charge in [0.25, 0.3) is 10.0 Å². The van der Waals surface area contributed by atoms with E-state index in [0.29, 0.717) is 17.3 Å². The Labute approximate surface area is 144 Å². The van der Waals surface area contributed by atoms with Gasteiger partial charge in [-0.15, -0.1) is 35.1 Å². The van der Waals surface area contributed by atoms with Crippen LogP contribution in [0.15, 0.2) is 21.7 Å². The van der Waals surface area contributed by atoms with Crippen molar-refractivity contribution in [2.45, 2.75) is 30.0 Å². The van der Waals surface area contributed by atoms with Crippen LogP contribution in [0.4, 0.5) is 0 Å². The average molecular weight is 380 g/mol. The predicted molar refractivity (Wildman–Crippen MR) is 93.4 cm³/mol. The van der Waals surface area contributed by atoms with Crippen LogP contribution in [0.1, 0.15) is 17.8 Å². The van der Waals surface area contributed by atoms with E-state index in [2.05, 4.69) is 4.98 Å². The third-order valence-corrected chi connectivity index (χ3v) is 7.91. The molecule has 3 heterocycles. The monoisotopic (exact) mass is 379 g/mol. The van der Waals surface area contributed by atoms with Gasteiger partial charge in [-0.1, -0.05) is 0 Å². The summed E-state index contributed by atoms with van der Waals surface area (Å²) in [5, 5.41) is 2.93. The minimum Gasteiger partial charge on any atom is -0.329 e. The molecule has 0 amide bonds. The highest BCUT2D eigenvalue weighted by Crippen LogP contribution is 2.34. The van der Waals surface area contributed by atoms with Crippen LogP contribution >= 0.6 is 35.1 Å². The molecule has 2 aromatic heterocycles. The first-order valence-corrected chi connectivity index (χ1v) is 9.90. The Morgan fingerprint density at radius 3 is 2.86 bits per heavy atom. The van der Waals surface area contributed by atoms with Gasteiger partial charge in [0.05, 0.1) is 15.6 Å². The first kappa shape index (κ1) is 17.8. The molecule has 0 radical (unpaired) electrons. The van der Waals surface area contributed by atoms with Crippen LogP contribution in [0.5, 0.6) is 0 Å².